The minimum Gasteiger partial charge on any atom is -0.318 e. The van der Waals surface area contributed by atoms with Gasteiger partial charge in [0.15, 0.2) is 0 Å². The molecule has 0 aliphatic heterocycles. The molecule has 2 nitrogen and oxygen atoms in total. The third-order valence-electron chi connectivity index (χ3n) is 4.42. The summed E-state index contributed by atoms with van der Waals surface area (Å²) in [5, 5.41) is 0. The van der Waals surface area contributed by atoms with Gasteiger partial charge in [0.25, 0.3) is 0 Å². The number of nitrogens with zero attached hydrogens (tertiary/aromatic N) is 1. The van der Waals surface area contributed by atoms with Crippen LogP contribution in [0, 0.1) is 6.92 Å². The average Bonchev–Trinajstić information content (AvgIpc) is 2.46. The lowest BCUT2D eigenvalue weighted by Crippen LogP contribution is -2.34. The van der Waals surface area contributed by atoms with E-state index in [-0.39, 0.29) is 0 Å². The lowest BCUT2D eigenvalue weighted by molar-refractivity contribution is 0.594. The first-order valence-electron chi connectivity index (χ1n) is 7.40. The molecule has 1 unspecified atom stereocenters. The Morgan fingerprint density at radius 2 is 1.75 bits per heavy atom. The summed E-state index contributed by atoms with van der Waals surface area (Å²) in [6.45, 7) is 4.13. The summed E-state index contributed by atoms with van der Waals surface area (Å²) in [7, 11) is 0. The lowest BCUT2D eigenvalue weighted by atomic mass is 9.82. The fourth-order valence-electron chi connectivity index (χ4n) is 3.06. The molecule has 1 atom stereocenters. The molecule has 0 radical (unpaired) electrons. The normalized spacial score (nSPS) is 17.4. The Balaban J connectivity index is 2.02. The minimum absolute atomic E-state index is 0.481. The molecule has 0 saturated heterocycles. The smallest absolute Gasteiger partial charge is 0.0652 e. The molecule has 20 heavy (non-hydrogen) atoms. The van der Waals surface area contributed by atoms with Crippen LogP contribution in [0.25, 0.3) is 0 Å². The van der Waals surface area contributed by atoms with Crippen molar-refractivity contribution in [3.63, 3.8) is 0 Å². The van der Waals surface area contributed by atoms with Crippen molar-refractivity contribution < 1.29 is 0 Å². The van der Waals surface area contributed by atoms with Crippen molar-refractivity contribution in [2.75, 3.05) is 0 Å². The van der Waals surface area contributed by atoms with Gasteiger partial charge in [-0.3, -0.25) is 4.98 Å². The molecule has 1 aliphatic rings. The minimum atomic E-state index is -0.481. The summed E-state index contributed by atoms with van der Waals surface area (Å²) < 4.78 is 0. The van der Waals surface area contributed by atoms with E-state index >= 15 is 0 Å². The number of benzene rings is 1. The van der Waals surface area contributed by atoms with Crippen molar-refractivity contribution in [2.24, 2.45) is 5.73 Å². The van der Waals surface area contributed by atoms with E-state index in [0.29, 0.717) is 0 Å². The number of aromatic nitrogens is 1. The Hall–Kier alpha value is -1.67. The molecule has 0 spiro atoms. The number of rotatable bonds is 2. The Bertz CT molecular complexity index is 629. The van der Waals surface area contributed by atoms with Gasteiger partial charge in [0, 0.05) is 12.4 Å². The van der Waals surface area contributed by atoms with Crippen LogP contribution in [0.1, 0.15) is 47.6 Å². The zero-order valence-corrected chi connectivity index (χ0v) is 12.3. The molecular formula is C18H22N2. The van der Waals surface area contributed by atoms with E-state index in [1.165, 1.54) is 42.4 Å². The van der Waals surface area contributed by atoms with E-state index in [1.54, 1.807) is 0 Å². The highest BCUT2D eigenvalue weighted by Gasteiger charge is 2.25. The maximum Gasteiger partial charge on any atom is 0.0652 e. The molecule has 3 rings (SSSR count). The summed E-state index contributed by atoms with van der Waals surface area (Å²) in [5.41, 5.74) is 12.5. The largest absolute Gasteiger partial charge is 0.318 e. The second-order valence-corrected chi connectivity index (χ2v) is 6.14. The van der Waals surface area contributed by atoms with Gasteiger partial charge in [0.05, 0.1) is 5.54 Å². The monoisotopic (exact) mass is 266 g/mol. The van der Waals surface area contributed by atoms with Crippen LogP contribution in [0.3, 0.4) is 0 Å². The first-order chi connectivity index (χ1) is 9.57. The van der Waals surface area contributed by atoms with Crippen molar-refractivity contribution in [1.82, 2.24) is 4.98 Å². The molecule has 1 aromatic carbocycles. The predicted octanol–water partition coefficient (Wildman–Crippen LogP) is 3.49. The van der Waals surface area contributed by atoms with Crippen molar-refractivity contribution >= 4 is 0 Å². The van der Waals surface area contributed by atoms with Crippen LogP contribution in [0.4, 0.5) is 0 Å². The number of nitrogens with two attached hydrogens (primary N) is 1. The summed E-state index contributed by atoms with van der Waals surface area (Å²) in [6, 6.07) is 8.88. The number of pyridine rings is 1. The fourth-order valence-corrected chi connectivity index (χ4v) is 3.06. The van der Waals surface area contributed by atoms with E-state index in [2.05, 4.69) is 43.1 Å². The molecular weight excluding hydrogens is 244 g/mol. The first-order valence-corrected chi connectivity index (χ1v) is 7.40. The third kappa shape index (κ3) is 2.36. The lowest BCUT2D eigenvalue weighted by Gasteiger charge is -2.28. The standard InChI is InChI=1S/C18H22N2/c1-13-9-17(12-20-11-13)18(2,19)16-8-7-14-5-3-4-6-15(14)10-16/h7-12H,3-6,19H2,1-2H3. The van der Waals surface area contributed by atoms with Gasteiger partial charge < -0.3 is 5.73 Å². The molecule has 2 heteroatoms. The molecule has 0 saturated carbocycles. The Labute approximate surface area is 121 Å². The van der Waals surface area contributed by atoms with Crippen LogP contribution < -0.4 is 5.73 Å². The molecule has 0 bridgehead atoms. The van der Waals surface area contributed by atoms with E-state index in [9.17, 15) is 0 Å². The zero-order chi connectivity index (χ0) is 14.2. The summed E-state index contributed by atoms with van der Waals surface area (Å²) in [6.07, 6.45) is 8.75. The maximum absolute atomic E-state index is 6.62. The molecule has 1 aliphatic carbocycles. The number of hydrogen-bond donors (Lipinski definition) is 1. The number of hydrogen-bond acceptors (Lipinski definition) is 2. The van der Waals surface area contributed by atoms with Crippen LogP contribution in [0.2, 0.25) is 0 Å². The van der Waals surface area contributed by atoms with Gasteiger partial charge in [0.2, 0.25) is 0 Å². The van der Waals surface area contributed by atoms with E-state index in [1.807, 2.05) is 12.4 Å². The molecule has 1 aromatic heterocycles. The summed E-state index contributed by atoms with van der Waals surface area (Å²) in [5.74, 6) is 0. The quantitative estimate of drug-likeness (QED) is 0.903. The number of aryl methyl sites for hydroxylation is 3. The van der Waals surface area contributed by atoms with Gasteiger partial charge in [-0.05, 0) is 67.3 Å². The number of fused-ring (bicyclic) bond motifs is 1. The van der Waals surface area contributed by atoms with Crippen molar-refractivity contribution in [2.45, 2.75) is 45.1 Å². The summed E-state index contributed by atoms with van der Waals surface area (Å²) >= 11 is 0. The van der Waals surface area contributed by atoms with Gasteiger partial charge in [-0.1, -0.05) is 24.3 Å². The molecule has 0 amide bonds. The van der Waals surface area contributed by atoms with Crippen molar-refractivity contribution in [1.29, 1.82) is 0 Å². The van der Waals surface area contributed by atoms with E-state index in [4.69, 9.17) is 5.73 Å². The van der Waals surface area contributed by atoms with Crippen LogP contribution in [-0.4, -0.2) is 4.98 Å². The third-order valence-corrected chi connectivity index (χ3v) is 4.42. The molecule has 0 fully saturated rings. The topological polar surface area (TPSA) is 38.9 Å². The van der Waals surface area contributed by atoms with Gasteiger partial charge in [-0.15, -0.1) is 0 Å². The summed E-state index contributed by atoms with van der Waals surface area (Å²) in [4.78, 5) is 4.28. The van der Waals surface area contributed by atoms with Crippen molar-refractivity contribution in [3.05, 3.63) is 64.5 Å². The van der Waals surface area contributed by atoms with Gasteiger partial charge in [-0.25, -0.2) is 0 Å². The highest BCUT2D eigenvalue weighted by atomic mass is 14.7. The Kier molecular flexibility index (Phi) is 3.35. The average molecular weight is 266 g/mol. The zero-order valence-electron chi connectivity index (χ0n) is 12.3. The SMILES string of the molecule is Cc1cncc(C(C)(N)c2ccc3c(c2)CCCC3)c1. The Morgan fingerprint density at radius 3 is 2.50 bits per heavy atom. The second-order valence-electron chi connectivity index (χ2n) is 6.14. The van der Waals surface area contributed by atoms with Crippen LogP contribution >= 0.6 is 0 Å². The highest BCUT2D eigenvalue weighted by Crippen LogP contribution is 2.30. The first kappa shape index (κ1) is 13.3. The Morgan fingerprint density at radius 1 is 1.00 bits per heavy atom. The van der Waals surface area contributed by atoms with Gasteiger partial charge >= 0.3 is 0 Å². The van der Waals surface area contributed by atoms with E-state index < -0.39 is 5.54 Å². The van der Waals surface area contributed by atoms with Crippen LogP contribution in [0.5, 0.6) is 0 Å². The second kappa shape index (κ2) is 5.02. The van der Waals surface area contributed by atoms with Gasteiger partial charge in [-0.2, -0.15) is 0 Å². The molecule has 1 heterocycles. The molecule has 104 valence electrons. The highest BCUT2D eigenvalue weighted by molar-refractivity contribution is 5.42. The van der Waals surface area contributed by atoms with E-state index in [0.717, 1.165) is 11.1 Å². The molecule has 2 aromatic rings. The van der Waals surface area contributed by atoms with Crippen LogP contribution in [0.15, 0.2) is 36.7 Å². The molecule has 2 N–H and O–H groups in total. The van der Waals surface area contributed by atoms with Crippen LogP contribution in [-0.2, 0) is 18.4 Å². The predicted molar refractivity (Wildman–Crippen MR) is 82.7 cm³/mol. The van der Waals surface area contributed by atoms with Gasteiger partial charge in [0.1, 0.15) is 0 Å². The maximum atomic E-state index is 6.62. The fraction of sp³-hybridized carbons (Fsp3) is 0.389. The van der Waals surface area contributed by atoms with Crippen molar-refractivity contribution in [3.8, 4) is 0 Å².